The van der Waals surface area contributed by atoms with Crippen LogP contribution in [0.25, 0.3) is 0 Å². The molecule has 2 fully saturated rings. The van der Waals surface area contributed by atoms with E-state index in [0.717, 1.165) is 31.2 Å². The second-order valence-electron chi connectivity index (χ2n) is 7.30. The third kappa shape index (κ3) is 3.52. The topological polar surface area (TPSA) is 71.4 Å². The SMILES string of the molecule is O=C1CN(C(=O)c2cccn(Cc3ccccc3)c2=O)[C@H]2CCCC[C@@H]2N1. The zero-order valence-corrected chi connectivity index (χ0v) is 15.1. The molecule has 0 radical (unpaired) electrons. The van der Waals surface area contributed by atoms with Crippen molar-refractivity contribution in [3.05, 3.63) is 70.1 Å². The van der Waals surface area contributed by atoms with Crippen LogP contribution in [0, 0.1) is 0 Å². The first-order valence-electron chi connectivity index (χ1n) is 9.47. The molecule has 2 atom stereocenters. The third-order valence-corrected chi connectivity index (χ3v) is 5.50. The van der Waals surface area contributed by atoms with E-state index in [2.05, 4.69) is 5.32 Å². The van der Waals surface area contributed by atoms with Gasteiger partial charge in [0.05, 0.1) is 12.6 Å². The second kappa shape index (κ2) is 7.39. The first-order chi connectivity index (χ1) is 13.1. The van der Waals surface area contributed by atoms with Crippen LogP contribution < -0.4 is 10.9 Å². The van der Waals surface area contributed by atoms with Gasteiger partial charge in [-0.15, -0.1) is 0 Å². The number of nitrogens with zero attached hydrogens (tertiary/aromatic N) is 2. The number of benzene rings is 1. The molecule has 0 spiro atoms. The molecule has 6 heteroatoms. The minimum Gasteiger partial charge on any atom is -0.350 e. The predicted octanol–water partition coefficient (Wildman–Crippen LogP) is 1.78. The lowest BCUT2D eigenvalue weighted by atomic mass is 9.87. The normalized spacial score (nSPS) is 22.1. The summed E-state index contributed by atoms with van der Waals surface area (Å²) in [6, 6.07) is 12.9. The Balaban J connectivity index is 1.62. The molecule has 27 heavy (non-hydrogen) atoms. The Morgan fingerprint density at radius 3 is 2.63 bits per heavy atom. The summed E-state index contributed by atoms with van der Waals surface area (Å²) in [6.45, 7) is 0.431. The molecule has 2 heterocycles. The Kier molecular flexibility index (Phi) is 4.79. The molecule has 4 rings (SSSR count). The van der Waals surface area contributed by atoms with E-state index >= 15 is 0 Å². The molecule has 1 aromatic carbocycles. The van der Waals surface area contributed by atoms with Crippen molar-refractivity contribution in [2.24, 2.45) is 0 Å². The van der Waals surface area contributed by atoms with Gasteiger partial charge in [-0.1, -0.05) is 43.2 Å². The average molecular weight is 365 g/mol. The van der Waals surface area contributed by atoms with E-state index in [1.807, 2.05) is 30.3 Å². The maximum Gasteiger partial charge on any atom is 0.263 e. The number of amides is 2. The maximum absolute atomic E-state index is 13.2. The van der Waals surface area contributed by atoms with Crippen LogP contribution in [0.4, 0.5) is 0 Å². The molecule has 0 unspecified atom stereocenters. The summed E-state index contributed by atoms with van der Waals surface area (Å²) in [5.74, 6) is -0.485. The Morgan fingerprint density at radius 1 is 1.04 bits per heavy atom. The van der Waals surface area contributed by atoms with Gasteiger partial charge in [-0.3, -0.25) is 14.4 Å². The number of hydrogen-bond donors (Lipinski definition) is 1. The van der Waals surface area contributed by atoms with E-state index in [-0.39, 0.29) is 41.6 Å². The number of hydrogen-bond acceptors (Lipinski definition) is 3. The van der Waals surface area contributed by atoms with Crippen molar-refractivity contribution in [3.63, 3.8) is 0 Å². The highest BCUT2D eigenvalue weighted by Gasteiger charge is 2.39. The van der Waals surface area contributed by atoms with Crippen LogP contribution in [0.15, 0.2) is 53.5 Å². The van der Waals surface area contributed by atoms with Crippen LogP contribution in [-0.2, 0) is 11.3 Å². The quantitative estimate of drug-likeness (QED) is 0.901. The molecule has 1 saturated heterocycles. The molecule has 1 saturated carbocycles. The number of carbonyl (C=O) groups is 2. The van der Waals surface area contributed by atoms with Gasteiger partial charge in [0.1, 0.15) is 12.1 Å². The standard InChI is InChI=1S/C21H23N3O3/c25-19-14-24(18-11-5-4-10-17(18)22-19)21(27)16-9-6-12-23(20(16)26)13-15-7-2-1-3-8-15/h1-3,6-9,12,17-18H,4-5,10-11,13-14H2,(H,22,25)/t17-,18-/m0/s1. The van der Waals surface area contributed by atoms with Crippen LogP contribution >= 0.6 is 0 Å². The van der Waals surface area contributed by atoms with Crippen molar-refractivity contribution in [2.45, 2.75) is 44.3 Å². The molecule has 6 nitrogen and oxygen atoms in total. The minimum atomic E-state index is -0.339. The Morgan fingerprint density at radius 2 is 1.81 bits per heavy atom. The zero-order chi connectivity index (χ0) is 18.8. The Bertz CT molecular complexity index is 906. The fourth-order valence-corrected chi connectivity index (χ4v) is 4.16. The molecule has 2 aliphatic rings. The summed E-state index contributed by atoms with van der Waals surface area (Å²) in [5.41, 5.74) is 0.811. The summed E-state index contributed by atoms with van der Waals surface area (Å²) in [7, 11) is 0. The molecule has 1 aliphatic heterocycles. The van der Waals surface area contributed by atoms with E-state index in [1.54, 1.807) is 27.8 Å². The molecule has 2 amide bonds. The number of fused-ring (bicyclic) bond motifs is 1. The lowest BCUT2D eigenvalue weighted by Gasteiger charge is -2.43. The summed E-state index contributed by atoms with van der Waals surface area (Å²) < 4.78 is 1.55. The van der Waals surface area contributed by atoms with Crippen molar-refractivity contribution >= 4 is 11.8 Å². The summed E-state index contributed by atoms with van der Waals surface area (Å²) >= 11 is 0. The summed E-state index contributed by atoms with van der Waals surface area (Å²) in [4.78, 5) is 39.7. The van der Waals surface area contributed by atoms with E-state index in [9.17, 15) is 14.4 Å². The van der Waals surface area contributed by atoms with Crippen LogP contribution in [0.5, 0.6) is 0 Å². The molecule has 1 N–H and O–H groups in total. The van der Waals surface area contributed by atoms with Gasteiger partial charge in [0.25, 0.3) is 11.5 Å². The Hall–Kier alpha value is -2.89. The van der Waals surface area contributed by atoms with Crippen molar-refractivity contribution in [2.75, 3.05) is 6.54 Å². The fourth-order valence-electron chi connectivity index (χ4n) is 4.16. The van der Waals surface area contributed by atoms with Gasteiger partial charge in [-0.05, 0) is 30.5 Å². The van der Waals surface area contributed by atoms with E-state index in [1.165, 1.54) is 0 Å². The zero-order valence-electron chi connectivity index (χ0n) is 15.1. The highest BCUT2D eigenvalue weighted by Crippen LogP contribution is 2.26. The van der Waals surface area contributed by atoms with Gasteiger partial charge in [0.15, 0.2) is 0 Å². The van der Waals surface area contributed by atoms with Gasteiger partial charge >= 0.3 is 0 Å². The molecule has 1 aromatic heterocycles. The van der Waals surface area contributed by atoms with Crippen LogP contribution in [-0.4, -0.2) is 39.9 Å². The smallest absolute Gasteiger partial charge is 0.263 e. The maximum atomic E-state index is 13.2. The first kappa shape index (κ1) is 17.5. The van der Waals surface area contributed by atoms with Crippen LogP contribution in [0.1, 0.15) is 41.6 Å². The molecular formula is C21H23N3O3. The molecule has 1 aliphatic carbocycles. The number of aromatic nitrogens is 1. The van der Waals surface area contributed by atoms with E-state index in [4.69, 9.17) is 0 Å². The molecule has 0 bridgehead atoms. The highest BCUT2D eigenvalue weighted by molar-refractivity contribution is 5.97. The summed E-state index contributed by atoms with van der Waals surface area (Å²) in [6.07, 6.45) is 5.53. The third-order valence-electron chi connectivity index (χ3n) is 5.50. The van der Waals surface area contributed by atoms with Gasteiger partial charge in [-0.2, -0.15) is 0 Å². The number of nitrogens with one attached hydrogen (secondary N) is 1. The summed E-state index contributed by atoms with van der Waals surface area (Å²) in [5, 5.41) is 3.00. The monoisotopic (exact) mass is 365 g/mol. The van der Waals surface area contributed by atoms with Gasteiger partial charge in [-0.25, -0.2) is 0 Å². The molecule has 140 valence electrons. The van der Waals surface area contributed by atoms with Crippen molar-refractivity contribution in [1.29, 1.82) is 0 Å². The number of pyridine rings is 1. The van der Waals surface area contributed by atoms with Crippen LogP contribution in [0.2, 0.25) is 0 Å². The molecular weight excluding hydrogens is 342 g/mol. The van der Waals surface area contributed by atoms with Gasteiger partial charge < -0.3 is 14.8 Å². The number of rotatable bonds is 3. The van der Waals surface area contributed by atoms with Crippen molar-refractivity contribution < 1.29 is 9.59 Å². The highest BCUT2D eigenvalue weighted by atomic mass is 16.2. The average Bonchev–Trinajstić information content (AvgIpc) is 2.69. The lowest BCUT2D eigenvalue weighted by molar-refractivity contribution is -0.127. The second-order valence-corrected chi connectivity index (χ2v) is 7.30. The fraction of sp³-hybridized carbons (Fsp3) is 0.381. The number of piperazine rings is 1. The predicted molar refractivity (Wildman–Crippen MR) is 101 cm³/mol. The van der Waals surface area contributed by atoms with Gasteiger partial charge in [0.2, 0.25) is 5.91 Å². The van der Waals surface area contributed by atoms with Crippen molar-refractivity contribution in [3.8, 4) is 0 Å². The lowest BCUT2D eigenvalue weighted by Crippen LogP contribution is -2.63. The molecule has 2 aromatic rings. The van der Waals surface area contributed by atoms with Crippen LogP contribution in [0.3, 0.4) is 0 Å². The van der Waals surface area contributed by atoms with E-state index in [0.29, 0.717) is 6.54 Å². The minimum absolute atomic E-state index is 0.000735. The number of carbonyl (C=O) groups excluding carboxylic acids is 2. The Labute approximate surface area is 157 Å². The first-order valence-corrected chi connectivity index (χ1v) is 9.47. The van der Waals surface area contributed by atoms with Gasteiger partial charge in [0, 0.05) is 12.2 Å². The van der Waals surface area contributed by atoms with Crippen molar-refractivity contribution in [1.82, 2.24) is 14.8 Å². The largest absolute Gasteiger partial charge is 0.350 e. The van der Waals surface area contributed by atoms with E-state index < -0.39 is 0 Å².